The molecule has 0 aliphatic carbocycles. The minimum atomic E-state index is -0.873. The number of H-pyrrole nitrogens is 1. The van der Waals surface area contributed by atoms with E-state index in [0.29, 0.717) is 19.7 Å². The van der Waals surface area contributed by atoms with Gasteiger partial charge in [0.15, 0.2) is 0 Å². The zero-order valence-electron chi connectivity index (χ0n) is 24.2. The minimum absolute atomic E-state index is 0.0208. The molecule has 1 aromatic heterocycles. The third-order valence-corrected chi connectivity index (χ3v) is 7.70. The molecule has 218 valence electrons. The zero-order chi connectivity index (χ0) is 29.6. The number of likely N-dealkylation sites (N-methyl/N-ethyl adjacent to an activating group) is 1. The Kier molecular flexibility index (Phi) is 8.88. The lowest BCUT2D eigenvalue weighted by atomic mass is 10.0. The second-order valence-electron chi connectivity index (χ2n) is 10.6. The number of rotatable bonds is 11. The van der Waals surface area contributed by atoms with Gasteiger partial charge in [-0.2, -0.15) is 0 Å². The van der Waals surface area contributed by atoms with Gasteiger partial charge in [-0.3, -0.25) is 14.4 Å². The Balaban J connectivity index is 1.31. The normalized spacial score (nSPS) is 14.8. The molecule has 0 radical (unpaired) electrons. The molecule has 1 aliphatic rings. The lowest BCUT2D eigenvalue weighted by Gasteiger charge is -2.29. The molecule has 0 saturated heterocycles. The maximum absolute atomic E-state index is 14.2. The van der Waals surface area contributed by atoms with Crippen LogP contribution < -0.4 is 20.7 Å². The van der Waals surface area contributed by atoms with Gasteiger partial charge in [-0.15, -0.1) is 0 Å². The summed E-state index contributed by atoms with van der Waals surface area (Å²) in [5.41, 5.74) is 5.73. The topological polar surface area (TPSA) is 116 Å². The van der Waals surface area contributed by atoms with Crippen LogP contribution in [0.1, 0.15) is 34.0 Å². The number of aromatic amines is 1. The second-order valence-corrected chi connectivity index (χ2v) is 10.6. The van der Waals surface area contributed by atoms with Gasteiger partial charge in [0, 0.05) is 43.2 Å². The fraction of sp³-hybridized carbons (Fsp3) is 0.303. The number of benzene rings is 3. The van der Waals surface area contributed by atoms with Gasteiger partial charge >= 0.3 is 0 Å². The Morgan fingerprint density at radius 3 is 2.52 bits per heavy atom. The van der Waals surface area contributed by atoms with Crippen LogP contribution in [-0.4, -0.2) is 60.4 Å². The zero-order valence-corrected chi connectivity index (χ0v) is 24.2. The van der Waals surface area contributed by atoms with Gasteiger partial charge in [-0.25, -0.2) is 0 Å². The third-order valence-electron chi connectivity index (χ3n) is 7.70. The monoisotopic (exact) mass is 567 g/mol. The molecule has 2 atom stereocenters. The number of aromatic nitrogens is 1. The molecule has 5 rings (SSSR count). The first kappa shape index (κ1) is 28.9. The van der Waals surface area contributed by atoms with Crippen LogP contribution in [0.2, 0.25) is 0 Å². The van der Waals surface area contributed by atoms with Crippen LogP contribution in [0.15, 0.2) is 72.8 Å². The Hall–Kier alpha value is -4.63. The number of ether oxygens (including phenoxy) is 1. The number of nitrogens with one attached hydrogen (secondary N) is 4. The van der Waals surface area contributed by atoms with Crippen molar-refractivity contribution in [2.75, 3.05) is 26.7 Å². The van der Waals surface area contributed by atoms with Crippen molar-refractivity contribution in [1.82, 2.24) is 25.8 Å². The van der Waals surface area contributed by atoms with Crippen LogP contribution >= 0.6 is 0 Å². The first-order valence-electron chi connectivity index (χ1n) is 14.2. The van der Waals surface area contributed by atoms with Crippen LogP contribution in [0, 0.1) is 13.8 Å². The van der Waals surface area contributed by atoms with Crippen LogP contribution in [-0.2, 0) is 27.3 Å². The van der Waals surface area contributed by atoms with E-state index in [1.165, 1.54) is 0 Å². The van der Waals surface area contributed by atoms with E-state index in [1.807, 2.05) is 86.6 Å². The molecule has 0 spiro atoms. The highest BCUT2D eigenvalue weighted by Gasteiger charge is 2.40. The molecule has 4 N–H and O–H groups in total. The summed E-state index contributed by atoms with van der Waals surface area (Å²) < 4.78 is 5.73. The number of amides is 3. The fourth-order valence-electron chi connectivity index (χ4n) is 5.54. The van der Waals surface area contributed by atoms with E-state index in [-0.39, 0.29) is 30.7 Å². The van der Waals surface area contributed by atoms with Crippen LogP contribution in [0.3, 0.4) is 0 Å². The number of aryl methyl sites for hydroxylation is 2. The number of hydrogen-bond acceptors (Lipinski definition) is 5. The van der Waals surface area contributed by atoms with Crippen LogP contribution in [0.5, 0.6) is 5.75 Å². The Morgan fingerprint density at radius 1 is 1.00 bits per heavy atom. The van der Waals surface area contributed by atoms with E-state index in [4.69, 9.17) is 4.74 Å². The first-order valence-corrected chi connectivity index (χ1v) is 14.2. The highest BCUT2D eigenvalue weighted by Crippen LogP contribution is 2.35. The fourth-order valence-corrected chi connectivity index (χ4v) is 5.54. The molecule has 42 heavy (non-hydrogen) atoms. The molecule has 2 heterocycles. The Bertz CT molecular complexity index is 1580. The third kappa shape index (κ3) is 6.31. The van der Waals surface area contributed by atoms with Crippen molar-refractivity contribution < 1.29 is 19.1 Å². The molecule has 4 aromatic rings. The number of carbonyl (C=O) groups is 3. The standard InChI is InChI=1S/C33H37N5O4/c1-21-12-14-24(15-13-21)42-17-16-35-19-30(39)37-29(18-27-22(2)36-28-11-7-6-10-26(27)28)33(41)38-20-23-8-4-5-9-25(23)31(38)32(40)34-3/h4-15,29,31,35-36H,16-20H2,1-3H3,(H,34,40)(H,37,39)/t29-,31?/m1/s1. The molecule has 9 heteroatoms. The SMILES string of the molecule is CNC(=O)C1c2ccccc2CN1C(=O)[C@@H](Cc1c(C)[nH]c2ccccc12)NC(=O)CNCCOc1ccc(C)cc1. The van der Waals surface area contributed by atoms with Gasteiger partial charge in [-0.1, -0.05) is 60.2 Å². The number of fused-ring (bicyclic) bond motifs is 2. The molecular formula is C33H37N5O4. The van der Waals surface area contributed by atoms with Gasteiger partial charge in [0.25, 0.3) is 0 Å². The minimum Gasteiger partial charge on any atom is -0.492 e. The van der Waals surface area contributed by atoms with Gasteiger partial charge in [0.05, 0.1) is 6.54 Å². The summed E-state index contributed by atoms with van der Waals surface area (Å²) in [6.45, 7) is 5.15. The van der Waals surface area contributed by atoms with Crippen molar-refractivity contribution in [3.63, 3.8) is 0 Å². The average molecular weight is 568 g/mol. The van der Waals surface area contributed by atoms with E-state index in [0.717, 1.165) is 44.6 Å². The molecular weight excluding hydrogens is 530 g/mol. The lowest BCUT2D eigenvalue weighted by Crippen LogP contribution is -2.52. The number of nitrogens with zero attached hydrogens (tertiary/aromatic N) is 1. The van der Waals surface area contributed by atoms with E-state index in [2.05, 4.69) is 20.9 Å². The molecule has 9 nitrogen and oxygen atoms in total. The molecule has 1 unspecified atom stereocenters. The summed E-state index contributed by atoms with van der Waals surface area (Å²) in [7, 11) is 1.56. The van der Waals surface area contributed by atoms with E-state index in [9.17, 15) is 14.4 Å². The van der Waals surface area contributed by atoms with Crippen LogP contribution in [0.25, 0.3) is 10.9 Å². The smallest absolute Gasteiger partial charge is 0.247 e. The number of hydrogen-bond donors (Lipinski definition) is 4. The van der Waals surface area contributed by atoms with Crippen molar-refractivity contribution in [1.29, 1.82) is 0 Å². The van der Waals surface area contributed by atoms with Crippen molar-refractivity contribution in [2.24, 2.45) is 0 Å². The first-order chi connectivity index (χ1) is 20.4. The van der Waals surface area contributed by atoms with E-state index < -0.39 is 12.1 Å². The molecule has 1 aliphatic heterocycles. The molecule has 0 bridgehead atoms. The summed E-state index contributed by atoms with van der Waals surface area (Å²) in [5, 5.41) is 9.76. The second kappa shape index (κ2) is 12.9. The average Bonchev–Trinajstić information content (AvgIpc) is 3.54. The molecule has 0 fully saturated rings. The van der Waals surface area contributed by atoms with Gasteiger partial charge in [0.1, 0.15) is 24.4 Å². The summed E-state index contributed by atoms with van der Waals surface area (Å²) in [6.07, 6.45) is 0.282. The predicted octanol–water partition coefficient (Wildman–Crippen LogP) is 3.31. The maximum atomic E-state index is 14.2. The quantitative estimate of drug-likeness (QED) is 0.208. The summed E-state index contributed by atoms with van der Waals surface area (Å²) >= 11 is 0. The number of carbonyl (C=O) groups excluding carboxylic acids is 3. The van der Waals surface area contributed by atoms with Crippen molar-refractivity contribution in [3.05, 3.63) is 101 Å². The predicted molar refractivity (Wildman–Crippen MR) is 162 cm³/mol. The number of para-hydroxylation sites is 1. The highest BCUT2D eigenvalue weighted by molar-refractivity contribution is 5.95. The van der Waals surface area contributed by atoms with Crippen LogP contribution in [0.4, 0.5) is 0 Å². The summed E-state index contributed by atoms with van der Waals surface area (Å²) in [6, 6.07) is 21.6. The van der Waals surface area contributed by atoms with E-state index in [1.54, 1.807) is 11.9 Å². The molecule has 3 aromatic carbocycles. The summed E-state index contributed by atoms with van der Waals surface area (Å²) in [5.74, 6) is -0.115. The van der Waals surface area contributed by atoms with Crippen molar-refractivity contribution >= 4 is 28.6 Å². The van der Waals surface area contributed by atoms with Gasteiger partial charge in [0.2, 0.25) is 17.7 Å². The maximum Gasteiger partial charge on any atom is 0.247 e. The largest absolute Gasteiger partial charge is 0.492 e. The summed E-state index contributed by atoms with van der Waals surface area (Å²) in [4.78, 5) is 45.3. The van der Waals surface area contributed by atoms with E-state index >= 15 is 0 Å². The molecule has 0 saturated carbocycles. The Labute approximate surface area is 245 Å². The van der Waals surface area contributed by atoms with Gasteiger partial charge in [-0.05, 0) is 48.7 Å². The highest BCUT2D eigenvalue weighted by atomic mass is 16.5. The van der Waals surface area contributed by atoms with Crippen molar-refractivity contribution in [3.8, 4) is 5.75 Å². The Morgan fingerprint density at radius 2 is 1.74 bits per heavy atom. The lowest BCUT2D eigenvalue weighted by molar-refractivity contribution is -0.143. The van der Waals surface area contributed by atoms with Crippen molar-refractivity contribution in [2.45, 2.75) is 38.9 Å². The molecule has 3 amide bonds. The van der Waals surface area contributed by atoms with Gasteiger partial charge < -0.3 is 30.6 Å².